The lowest BCUT2D eigenvalue weighted by atomic mass is 10.2. The van der Waals surface area contributed by atoms with E-state index < -0.39 is 0 Å². The van der Waals surface area contributed by atoms with Crippen LogP contribution in [0.5, 0.6) is 0 Å². The SMILES string of the molecule is Clc1ncc2cc3cccc(Cl)c3nc2n1. The Hall–Kier alpha value is -1.45. The summed E-state index contributed by atoms with van der Waals surface area (Å²) >= 11 is 11.8. The van der Waals surface area contributed by atoms with Gasteiger partial charge in [-0.15, -0.1) is 0 Å². The normalized spacial score (nSPS) is 11.1. The Balaban J connectivity index is 2.49. The van der Waals surface area contributed by atoms with Crippen LogP contribution in [-0.2, 0) is 0 Å². The first-order valence-electron chi connectivity index (χ1n) is 4.61. The van der Waals surface area contributed by atoms with Gasteiger partial charge in [0.1, 0.15) is 0 Å². The molecule has 78 valence electrons. The Kier molecular flexibility index (Phi) is 2.16. The zero-order valence-corrected chi connectivity index (χ0v) is 9.50. The maximum atomic E-state index is 6.06. The van der Waals surface area contributed by atoms with Gasteiger partial charge < -0.3 is 0 Å². The Morgan fingerprint density at radius 3 is 2.75 bits per heavy atom. The highest BCUT2D eigenvalue weighted by molar-refractivity contribution is 6.35. The number of benzene rings is 1. The van der Waals surface area contributed by atoms with Crippen molar-refractivity contribution in [3.8, 4) is 0 Å². The first-order valence-corrected chi connectivity index (χ1v) is 5.37. The number of hydrogen-bond donors (Lipinski definition) is 0. The summed E-state index contributed by atoms with van der Waals surface area (Å²) in [4.78, 5) is 12.3. The minimum Gasteiger partial charge on any atom is -0.226 e. The molecular weight excluding hydrogens is 245 g/mol. The Morgan fingerprint density at radius 2 is 1.88 bits per heavy atom. The number of nitrogens with zero attached hydrogens (tertiary/aromatic N) is 3. The fraction of sp³-hybridized carbons (Fsp3) is 0. The van der Waals surface area contributed by atoms with Crippen LogP contribution in [0.25, 0.3) is 21.9 Å². The van der Waals surface area contributed by atoms with Crippen molar-refractivity contribution in [2.75, 3.05) is 0 Å². The molecule has 16 heavy (non-hydrogen) atoms. The maximum absolute atomic E-state index is 6.06. The molecule has 0 saturated carbocycles. The monoisotopic (exact) mass is 249 g/mol. The molecule has 0 radical (unpaired) electrons. The fourth-order valence-electron chi connectivity index (χ4n) is 1.59. The summed E-state index contributed by atoms with van der Waals surface area (Å²) in [5.74, 6) is 0. The minimum atomic E-state index is 0.186. The van der Waals surface area contributed by atoms with Gasteiger partial charge in [-0.25, -0.2) is 9.97 Å². The van der Waals surface area contributed by atoms with E-state index in [1.165, 1.54) is 0 Å². The molecule has 0 aliphatic carbocycles. The highest BCUT2D eigenvalue weighted by Crippen LogP contribution is 2.24. The number of para-hydroxylation sites is 1. The predicted octanol–water partition coefficient (Wildman–Crippen LogP) is 3.48. The van der Waals surface area contributed by atoms with Gasteiger partial charge >= 0.3 is 0 Å². The van der Waals surface area contributed by atoms with Crippen molar-refractivity contribution in [3.63, 3.8) is 0 Å². The van der Waals surface area contributed by atoms with Crippen molar-refractivity contribution in [3.05, 3.63) is 40.8 Å². The second kappa shape index (κ2) is 3.54. The molecule has 0 N–H and O–H groups in total. The van der Waals surface area contributed by atoms with E-state index >= 15 is 0 Å². The summed E-state index contributed by atoms with van der Waals surface area (Å²) in [7, 11) is 0. The van der Waals surface area contributed by atoms with Gasteiger partial charge in [0, 0.05) is 17.0 Å². The van der Waals surface area contributed by atoms with Crippen molar-refractivity contribution < 1.29 is 0 Å². The van der Waals surface area contributed by atoms with E-state index in [9.17, 15) is 0 Å². The predicted molar refractivity (Wildman–Crippen MR) is 64.9 cm³/mol. The summed E-state index contributed by atoms with van der Waals surface area (Å²) < 4.78 is 0. The topological polar surface area (TPSA) is 38.7 Å². The summed E-state index contributed by atoms with van der Waals surface area (Å²) in [6.45, 7) is 0. The number of pyridine rings is 1. The first kappa shape index (κ1) is 9.75. The third-order valence-electron chi connectivity index (χ3n) is 2.31. The van der Waals surface area contributed by atoms with Gasteiger partial charge in [-0.2, -0.15) is 4.98 Å². The van der Waals surface area contributed by atoms with Crippen LogP contribution in [0.4, 0.5) is 0 Å². The number of aromatic nitrogens is 3. The Morgan fingerprint density at radius 1 is 1.00 bits per heavy atom. The van der Waals surface area contributed by atoms with E-state index in [-0.39, 0.29) is 5.28 Å². The van der Waals surface area contributed by atoms with Gasteiger partial charge in [-0.1, -0.05) is 23.7 Å². The van der Waals surface area contributed by atoms with Crippen LogP contribution in [0.3, 0.4) is 0 Å². The summed E-state index contributed by atoms with van der Waals surface area (Å²) in [5.41, 5.74) is 1.28. The summed E-state index contributed by atoms with van der Waals surface area (Å²) in [6.07, 6.45) is 1.65. The molecule has 0 saturated heterocycles. The first-order chi connectivity index (χ1) is 7.74. The molecule has 0 amide bonds. The summed E-state index contributed by atoms with van der Waals surface area (Å²) in [6, 6.07) is 7.57. The molecule has 3 rings (SSSR count). The second-order valence-electron chi connectivity index (χ2n) is 3.35. The number of hydrogen-bond acceptors (Lipinski definition) is 3. The fourth-order valence-corrected chi connectivity index (χ4v) is 1.95. The van der Waals surface area contributed by atoms with Crippen LogP contribution < -0.4 is 0 Å². The highest BCUT2D eigenvalue weighted by Gasteiger charge is 2.04. The third kappa shape index (κ3) is 1.49. The van der Waals surface area contributed by atoms with E-state index in [2.05, 4.69) is 15.0 Å². The lowest BCUT2D eigenvalue weighted by molar-refractivity contribution is 1.19. The van der Waals surface area contributed by atoms with E-state index in [0.717, 1.165) is 16.3 Å². The van der Waals surface area contributed by atoms with Crippen LogP contribution in [-0.4, -0.2) is 15.0 Å². The van der Waals surface area contributed by atoms with Crippen molar-refractivity contribution >= 4 is 45.1 Å². The molecule has 3 nitrogen and oxygen atoms in total. The molecule has 0 spiro atoms. The molecule has 0 unspecified atom stereocenters. The van der Waals surface area contributed by atoms with Crippen molar-refractivity contribution in [2.24, 2.45) is 0 Å². The summed E-state index contributed by atoms with van der Waals surface area (Å²) in [5, 5.41) is 2.60. The molecule has 0 atom stereocenters. The standard InChI is InChI=1S/C11H5Cl2N3/c12-8-3-1-2-6-4-7-5-14-11(13)16-10(7)15-9(6)8/h1-5H. The van der Waals surface area contributed by atoms with Crippen LogP contribution in [0, 0.1) is 0 Å². The zero-order valence-electron chi connectivity index (χ0n) is 7.98. The molecule has 0 fully saturated rings. The van der Waals surface area contributed by atoms with Crippen molar-refractivity contribution in [2.45, 2.75) is 0 Å². The average Bonchev–Trinajstić information content (AvgIpc) is 2.28. The number of fused-ring (bicyclic) bond motifs is 2. The van der Waals surface area contributed by atoms with Crippen LogP contribution >= 0.6 is 23.2 Å². The van der Waals surface area contributed by atoms with E-state index in [1.807, 2.05) is 18.2 Å². The highest BCUT2D eigenvalue weighted by atomic mass is 35.5. The van der Waals surface area contributed by atoms with Gasteiger partial charge in [-0.3, -0.25) is 0 Å². The van der Waals surface area contributed by atoms with Crippen molar-refractivity contribution in [1.82, 2.24) is 15.0 Å². The van der Waals surface area contributed by atoms with Gasteiger partial charge in [0.05, 0.1) is 10.5 Å². The van der Waals surface area contributed by atoms with E-state index in [4.69, 9.17) is 23.2 Å². The lowest BCUT2D eigenvalue weighted by Crippen LogP contribution is -1.89. The molecule has 5 heteroatoms. The maximum Gasteiger partial charge on any atom is 0.224 e. The van der Waals surface area contributed by atoms with E-state index in [0.29, 0.717) is 10.7 Å². The smallest absolute Gasteiger partial charge is 0.224 e. The van der Waals surface area contributed by atoms with Gasteiger partial charge in [0.15, 0.2) is 5.65 Å². The number of halogens is 2. The molecule has 0 aliphatic rings. The van der Waals surface area contributed by atoms with Crippen LogP contribution in [0.2, 0.25) is 10.3 Å². The molecule has 3 aromatic rings. The third-order valence-corrected chi connectivity index (χ3v) is 2.80. The Bertz CT molecular complexity index is 697. The zero-order chi connectivity index (χ0) is 11.1. The van der Waals surface area contributed by atoms with Gasteiger partial charge in [-0.05, 0) is 23.7 Å². The molecule has 2 heterocycles. The van der Waals surface area contributed by atoms with E-state index in [1.54, 1.807) is 12.3 Å². The minimum absolute atomic E-state index is 0.186. The molecular formula is C11H5Cl2N3. The molecule has 1 aromatic carbocycles. The number of rotatable bonds is 0. The van der Waals surface area contributed by atoms with Gasteiger partial charge in [0.2, 0.25) is 5.28 Å². The largest absolute Gasteiger partial charge is 0.226 e. The molecule has 0 bridgehead atoms. The van der Waals surface area contributed by atoms with Crippen LogP contribution in [0.1, 0.15) is 0 Å². The molecule has 0 aliphatic heterocycles. The Labute approximate surface area is 101 Å². The van der Waals surface area contributed by atoms with Gasteiger partial charge in [0.25, 0.3) is 0 Å². The molecule has 2 aromatic heterocycles. The van der Waals surface area contributed by atoms with Crippen LogP contribution in [0.15, 0.2) is 30.5 Å². The van der Waals surface area contributed by atoms with Crippen molar-refractivity contribution in [1.29, 1.82) is 0 Å². The lowest BCUT2D eigenvalue weighted by Gasteiger charge is -2.01. The average molecular weight is 250 g/mol. The second-order valence-corrected chi connectivity index (χ2v) is 4.10. The quantitative estimate of drug-likeness (QED) is 0.452.